The minimum Gasteiger partial charge on any atom is -0.383 e. The van der Waals surface area contributed by atoms with Gasteiger partial charge in [-0.15, -0.1) is 0 Å². The lowest BCUT2D eigenvalue weighted by molar-refractivity contribution is -0.146. The van der Waals surface area contributed by atoms with Gasteiger partial charge in [0.25, 0.3) is 0 Å². The van der Waals surface area contributed by atoms with Crippen LogP contribution in [-0.4, -0.2) is 67.1 Å². The van der Waals surface area contributed by atoms with E-state index in [0.717, 1.165) is 65.2 Å². The smallest absolute Gasteiger partial charge is 0.245 e. The molecule has 6 rings (SSSR count). The third kappa shape index (κ3) is 3.49. The molecule has 2 fully saturated rings. The zero-order chi connectivity index (χ0) is 25.0. The van der Waals surface area contributed by atoms with E-state index in [1.165, 1.54) is 11.6 Å². The van der Waals surface area contributed by atoms with Crippen LogP contribution in [-0.2, 0) is 23.1 Å². The quantitative estimate of drug-likeness (QED) is 0.403. The van der Waals surface area contributed by atoms with Crippen molar-refractivity contribution in [3.8, 4) is 22.5 Å². The van der Waals surface area contributed by atoms with Crippen LogP contribution >= 0.6 is 0 Å². The molecule has 1 aromatic carbocycles. The van der Waals surface area contributed by atoms with Gasteiger partial charge in [0.05, 0.1) is 42.4 Å². The van der Waals surface area contributed by atoms with E-state index < -0.39 is 0 Å². The number of benzene rings is 1. The van der Waals surface area contributed by atoms with E-state index in [2.05, 4.69) is 52.5 Å². The van der Waals surface area contributed by atoms with Gasteiger partial charge >= 0.3 is 0 Å². The first-order valence-electron chi connectivity index (χ1n) is 12.4. The van der Waals surface area contributed by atoms with E-state index >= 15 is 0 Å². The number of carbonyl (C=O) groups is 1. The lowest BCUT2D eigenvalue weighted by Gasteiger charge is -2.58. The summed E-state index contributed by atoms with van der Waals surface area (Å²) in [5.41, 5.74) is 6.55. The van der Waals surface area contributed by atoms with Crippen molar-refractivity contribution >= 4 is 16.8 Å². The van der Waals surface area contributed by atoms with E-state index in [1.54, 1.807) is 7.11 Å². The van der Waals surface area contributed by atoms with Crippen molar-refractivity contribution in [3.63, 3.8) is 0 Å². The maximum atomic E-state index is 11.9. The average Bonchev–Trinajstić information content (AvgIpc) is 3.55. The predicted molar refractivity (Wildman–Crippen MR) is 137 cm³/mol. The first-order valence-corrected chi connectivity index (χ1v) is 12.4. The number of carbonyl (C=O) groups excluding carboxylic acids is 1. The number of ether oxygens (including phenoxy) is 1. The second-order valence-electron chi connectivity index (χ2n) is 10.3. The topological polar surface area (TPSA) is 93.9 Å². The van der Waals surface area contributed by atoms with Crippen LogP contribution < -0.4 is 0 Å². The number of amides is 1. The van der Waals surface area contributed by atoms with Crippen LogP contribution in [0.25, 0.3) is 33.4 Å². The number of hydrogen-bond donors (Lipinski definition) is 1. The van der Waals surface area contributed by atoms with Crippen LogP contribution in [0.1, 0.15) is 30.1 Å². The Morgan fingerprint density at radius 2 is 2.11 bits per heavy atom. The Morgan fingerprint density at radius 3 is 2.86 bits per heavy atom. The molecular weight excluding hydrogens is 454 g/mol. The van der Waals surface area contributed by atoms with Crippen LogP contribution in [0.5, 0.6) is 0 Å². The molecule has 1 aliphatic heterocycles. The van der Waals surface area contributed by atoms with Crippen LogP contribution in [0.3, 0.4) is 0 Å². The van der Waals surface area contributed by atoms with Crippen LogP contribution in [0.15, 0.2) is 43.4 Å². The van der Waals surface area contributed by atoms with Gasteiger partial charge in [0.1, 0.15) is 5.82 Å². The van der Waals surface area contributed by atoms with Crippen molar-refractivity contribution < 1.29 is 9.53 Å². The summed E-state index contributed by atoms with van der Waals surface area (Å²) in [6.45, 7) is 8.68. The van der Waals surface area contributed by atoms with E-state index in [1.807, 2.05) is 28.2 Å². The zero-order valence-corrected chi connectivity index (χ0v) is 21.0. The van der Waals surface area contributed by atoms with Crippen molar-refractivity contribution in [2.24, 2.45) is 12.5 Å². The van der Waals surface area contributed by atoms with Gasteiger partial charge in [-0.3, -0.25) is 14.6 Å². The molecule has 1 aliphatic carbocycles. The standard InChI is InChI=1S/C27H31N7O2/c1-5-22(35)33-15-27(16-33)10-18(11-27)26-30-24(19-12-29-34(14-19)8-9-36-4)25(32(26)3)23-17(2)6-7-21-20(23)13-28-31-21/h5-7,12-14,18H,1,8-11,15-16H2,2-4H3,(H,28,31). The second kappa shape index (κ2) is 8.44. The Morgan fingerprint density at radius 1 is 1.31 bits per heavy atom. The number of fused-ring (bicyclic) bond motifs is 1. The lowest BCUT2D eigenvalue weighted by Crippen LogP contribution is -2.63. The first-order chi connectivity index (χ1) is 17.4. The Bertz CT molecular complexity index is 1460. The summed E-state index contributed by atoms with van der Waals surface area (Å²) in [6.07, 6.45) is 9.33. The Hall–Kier alpha value is -3.72. The molecule has 1 spiro atoms. The minimum atomic E-state index is 0.0276. The molecule has 2 aliphatic rings. The minimum absolute atomic E-state index is 0.0276. The highest BCUT2D eigenvalue weighted by Crippen LogP contribution is 2.56. The van der Waals surface area contributed by atoms with E-state index in [4.69, 9.17) is 9.72 Å². The first kappa shape index (κ1) is 22.7. The van der Waals surface area contributed by atoms with Gasteiger partial charge in [-0.05, 0) is 37.5 Å². The van der Waals surface area contributed by atoms with Crippen LogP contribution in [0.2, 0.25) is 0 Å². The number of imidazole rings is 1. The molecular formula is C27H31N7O2. The molecule has 9 nitrogen and oxygen atoms in total. The summed E-state index contributed by atoms with van der Waals surface area (Å²) in [4.78, 5) is 19.1. The summed E-state index contributed by atoms with van der Waals surface area (Å²) in [5, 5.41) is 13.1. The molecule has 1 amide bonds. The number of likely N-dealkylation sites (tertiary alicyclic amines) is 1. The molecule has 3 aromatic heterocycles. The maximum absolute atomic E-state index is 11.9. The van der Waals surface area contributed by atoms with E-state index in [9.17, 15) is 4.79 Å². The molecule has 9 heteroatoms. The number of H-pyrrole nitrogens is 1. The van der Waals surface area contributed by atoms with Crippen molar-refractivity contribution in [1.29, 1.82) is 0 Å². The molecule has 0 radical (unpaired) electrons. The molecule has 1 N–H and O–H groups in total. The monoisotopic (exact) mass is 485 g/mol. The van der Waals surface area contributed by atoms with Gasteiger partial charge in [-0.1, -0.05) is 12.6 Å². The Balaban J connectivity index is 1.40. The third-order valence-electron chi connectivity index (χ3n) is 7.89. The normalized spacial score (nSPS) is 16.9. The number of aromatic nitrogens is 6. The molecule has 186 valence electrons. The fraction of sp³-hybridized carbons (Fsp3) is 0.407. The van der Waals surface area contributed by atoms with Gasteiger partial charge in [-0.2, -0.15) is 10.2 Å². The van der Waals surface area contributed by atoms with Gasteiger partial charge < -0.3 is 14.2 Å². The summed E-state index contributed by atoms with van der Waals surface area (Å²) in [7, 11) is 3.82. The van der Waals surface area contributed by atoms with E-state index in [-0.39, 0.29) is 11.3 Å². The number of methoxy groups -OCH3 is 1. The molecule has 4 aromatic rings. The summed E-state index contributed by atoms with van der Waals surface area (Å²) in [6, 6.07) is 4.20. The molecule has 0 atom stereocenters. The molecule has 0 unspecified atom stereocenters. The lowest BCUT2D eigenvalue weighted by atomic mass is 9.57. The number of aromatic amines is 1. The average molecular weight is 486 g/mol. The van der Waals surface area contributed by atoms with Crippen molar-refractivity contribution in [2.75, 3.05) is 26.8 Å². The molecule has 0 bridgehead atoms. The van der Waals surface area contributed by atoms with Crippen LogP contribution in [0.4, 0.5) is 0 Å². The number of rotatable bonds is 7. The Labute approximate surface area is 209 Å². The van der Waals surface area contributed by atoms with Crippen molar-refractivity contribution in [3.05, 3.63) is 54.8 Å². The molecule has 4 heterocycles. The van der Waals surface area contributed by atoms with E-state index in [0.29, 0.717) is 19.1 Å². The number of aryl methyl sites for hydroxylation is 1. The van der Waals surface area contributed by atoms with Gasteiger partial charge in [0.15, 0.2) is 0 Å². The molecule has 1 saturated heterocycles. The summed E-state index contributed by atoms with van der Waals surface area (Å²) >= 11 is 0. The number of nitrogens with one attached hydrogen (secondary N) is 1. The fourth-order valence-electron chi connectivity index (χ4n) is 6.08. The Kier molecular flexibility index (Phi) is 5.33. The summed E-state index contributed by atoms with van der Waals surface area (Å²) < 4.78 is 9.40. The molecule has 1 saturated carbocycles. The highest BCUT2D eigenvalue weighted by Gasteiger charge is 2.54. The SMILES string of the molecule is C=CC(=O)N1CC2(CC(c3nc(-c4cnn(CCOC)c4)c(-c4c(C)ccc5[nH]ncc45)n3C)C2)C1. The fourth-order valence-corrected chi connectivity index (χ4v) is 6.08. The van der Waals surface area contributed by atoms with Crippen molar-refractivity contribution in [2.45, 2.75) is 32.2 Å². The highest BCUT2D eigenvalue weighted by molar-refractivity contribution is 5.98. The summed E-state index contributed by atoms with van der Waals surface area (Å²) in [5.74, 6) is 1.47. The zero-order valence-electron chi connectivity index (χ0n) is 21.0. The number of hydrogen-bond acceptors (Lipinski definition) is 5. The van der Waals surface area contributed by atoms with Gasteiger partial charge in [-0.25, -0.2) is 4.98 Å². The third-order valence-corrected chi connectivity index (χ3v) is 7.89. The van der Waals surface area contributed by atoms with Crippen LogP contribution in [0, 0.1) is 12.3 Å². The highest BCUT2D eigenvalue weighted by atomic mass is 16.5. The van der Waals surface area contributed by atoms with Crippen molar-refractivity contribution in [1.82, 2.24) is 34.4 Å². The second-order valence-corrected chi connectivity index (χ2v) is 10.3. The maximum Gasteiger partial charge on any atom is 0.245 e. The largest absolute Gasteiger partial charge is 0.383 e. The number of nitrogens with zero attached hydrogens (tertiary/aromatic N) is 6. The molecule has 36 heavy (non-hydrogen) atoms. The predicted octanol–water partition coefficient (Wildman–Crippen LogP) is 3.67. The van der Waals surface area contributed by atoms with Gasteiger partial charge in [0.2, 0.25) is 5.91 Å². The van der Waals surface area contributed by atoms with Gasteiger partial charge in [0, 0.05) is 61.3 Å².